The molecule has 6 nitrogen and oxygen atoms in total. The number of anilines is 1. The van der Waals surface area contributed by atoms with E-state index in [0.29, 0.717) is 18.1 Å². The Morgan fingerprint density at radius 3 is 2.81 bits per heavy atom. The van der Waals surface area contributed by atoms with Crippen LogP contribution in [0.15, 0.2) is 80.4 Å². The Labute approximate surface area is 230 Å². The molecular formula is C27H22ClN4O2S3+. The van der Waals surface area contributed by atoms with Crippen molar-refractivity contribution in [2.75, 3.05) is 11.9 Å². The first-order chi connectivity index (χ1) is 18.0. The standard InChI is InChI=1S/C27H22ClN4O2S3/c1-3-32-24(37-25(26(32)33)27-30(2)21-13-18(28)9-10-22(21)36-27)15-23-31(11-12-35-23)16-19-14-20(29-34-19)17-7-5-4-6-8-17/h4-15H,3,16H2,1-2H3/q+1/b27-25+. The third-order valence-electron chi connectivity index (χ3n) is 6.13. The molecule has 4 heterocycles. The van der Waals surface area contributed by atoms with Crippen molar-refractivity contribution in [2.45, 2.75) is 24.9 Å². The second-order valence-electron chi connectivity index (χ2n) is 8.46. The quantitative estimate of drug-likeness (QED) is 0.287. The van der Waals surface area contributed by atoms with Gasteiger partial charge in [-0.1, -0.05) is 70.2 Å². The number of thiazole rings is 2. The highest BCUT2D eigenvalue weighted by molar-refractivity contribution is 8.08. The van der Waals surface area contributed by atoms with E-state index in [1.807, 2.05) is 84.7 Å². The molecule has 0 saturated heterocycles. The minimum Gasteiger partial charge on any atom is -0.354 e. The maximum Gasteiger partial charge on any atom is 0.271 e. The summed E-state index contributed by atoms with van der Waals surface area (Å²) in [4.78, 5) is 16.6. The van der Waals surface area contributed by atoms with Gasteiger partial charge in [-0.3, -0.25) is 9.36 Å². The van der Waals surface area contributed by atoms with Gasteiger partial charge in [0.25, 0.3) is 10.6 Å². The molecule has 0 bridgehead atoms. The van der Waals surface area contributed by atoms with E-state index >= 15 is 0 Å². The van der Waals surface area contributed by atoms with Gasteiger partial charge in [-0.25, -0.2) is 0 Å². The Hall–Kier alpha value is -3.11. The lowest BCUT2D eigenvalue weighted by atomic mass is 10.1. The maximum absolute atomic E-state index is 13.5. The predicted molar refractivity (Wildman–Crippen MR) is 152 cm³/mol. The summed E-state index contributed by atoms with van der Waals surface area (Å²) in [5.41, 5.74) is 2.89. The number of nitrogens with zero attached hydrogens (tertiary/aromatic N) is 4. The average molecular weight is 566 g/mol. The predicted octanol–water partition coefficient (Wildman–Crippen LogP) is 4.77. The van der Waals surface area contributed by atoms with Crippen molar-refractivity contribution in [3.63, 3.8) is 0 Å². The smallest absolute Gasteiger partial charge is 0.271 e. The molecule has 0 atom stereocenters. The van der Waals surface area contributed by atoms with Gasteiger partial charge in [-0.2, -0.15) is 4.57 Å². The summed E-state index contributed by atoms with van der Waals surface area (Å²) < 4.78 is 11.2. The monoisotopic (exact) mass is 565 g/mol. The number of benzene rings is 2. The van der Waals surface area contributed by atoms with E-state index < -0.39 is 0 Å². The van der Waals surface area contributed by atoms with Gasteiger partial charge in [0.2, 0.25) is 12.3 Å². The highest BCUT2D eigenvalue weighted by Crippen LogP contribution is 2.46. The molecule has 0 unspecified atom stereocenters. The Morgan fingerprint density at radius 2 is 2.00 bits per heavy atom. The van der Waals surface area contributed by atoms with Gasteiger partial charge in [0.05, 0.1) is 17.1 Å². The molecule has 0 spiro atoms. The molecule has 37 heavy (non-hydrogen) atoms. The molecule has 1 aliphatic rings. The molecule has 0 aliphatic carbocycles. The van der Waals surface area contributed by atoms with Crippen LogP contribution in [0.2, 0.25) is 5.02 Å². The zero-order valence-electron chi connectivity index (χ0n) is 20.1. The van der Waals surface area contributed by atoms with Gasteiger partial charge in [0.15, 0.2) is 6.20 Å². The Morgan fingerprint density at radius 1 is 1.16 bits per heavy atom. The lowest BCUT2D eigenvalue weighted by Gasteiger charge is -2.12. The van der Waals surface area contributed by atoms with E-state index in [4.69, 9.17) is 16.1 Å². The second-order valence-corrected chi connectivity index (χ2v) is 11.9. The van der Waals surface area contributed by atoms with E-state index in [1.165, 1.54) is 11.3 Å². The molecule has 0 saturated carbocycles. The minimum atomic E-state index is 0.0258. The van der Waals surface area contributed by atoms with E-state index in [0.717, 1.165) is 46.8 Å². The molecule has 5 aromatic rings. The van der Waals surface area contributed by atoms with Gasteiger partial charge >= 0.3 is 0 Å². The molecule has 3 aromatic heterocycles. The van der Waals surface area contributed by atoms with Crippen LogP contribution in [0, 0.1) is 0 Å². The van der Waals surface area contributed by atoms with E-state index in [9.17, 15) is 4.79 Å². The number of hydrogen-bond acceptors (Lipinski definition) is 7. The van der Waals surface area contributed by atoms with Crippen LogP contribution in [0.25, 0.3) is 22.4 Å². The van der Waals surface area contributed by atoms with Crippen molar-refractivity contribution in [1.29, 1.82) is 0 Å². The highest BCUT2D eigenvalue weighted by atomic mass is 35.5. The van der Waals surface area contributed by atoms with Crippen LogP contribution < -0.4 is 24.2 Å². The first-order valence-electron chi connectivity index (χ1n) is 11.7. The zero-order chi connectivity index (χ0) is 25.5. The topological polar surface area (TPSA) is 55.2 Å². The maximum atomic E-state index is 13.5. The summed E-state index contributed by atoms with van der Waals surface area (Å²) in [6.45, 7) is 3.15. The number of aromatic nitrogens is 3. The van der Waals surface area contributed by atoms with Gasteiger partial charge in [0.1, 0.15) is 19.9 Å². The van der Waals surface area contributed by atoms with E-state index in [2.05, 4.69) is 20.7 Å². The third kappa shape index (κ3) is 4.57. The molecule has 186 valence electrons. The third-order valence-corrected chi connectivity index (χ3v) is 9.70. The van der Waals surface area contributed by atoms with E-state index in [1.54, 1.807) is 23.1 Å². The van der Waals surface area contributed by atoms with Crippen molar-refractivity contribution in [2.24, 2.45) is 0 Å². The fourth-order valence-corrected chi connectivity index (χ4v) is 7.72. The molecule has 10 heteroatoms. The first kappa shape index (κ1) is 24.2. The lowest BCUT2D eigenvalue weighted by Crippen LogP contribution is -2.36. The van der Waals surface area contributed by atoms with Crippen LogP contribution in [-0.2, 0) is 13.1 Å². The summed E-state index contributed by atoms with van der Waals surface area (Å²) in [6.07, 6.45) is 4.11. The Kier molecular flexibility index (Phi) is 6.54. The van der Waals surface area contributed by atoms with Crippen LogP contribution >= 0.6 is 46.0 Å². The fourth-order valence-electron chi connectivity index (χ4n) is 4.26. The minimum absolute atomic E-state index is 0.0258. The Balaban J connectivity index is 1.37. The summed E-state index contributed by atoms with van der Waals surface area (Å²) in [6, 6.07) is 17.8. The first-order valence-corrected chi connectivity index (χ1v) is 14.6. The number of hydrogen-bond donors (Lipinski definition) is 0. The Bertz CT molecular complexity index is 1790. The van der Waals surface area contributed by atoms with Crippen molar-refractivity contribution in [3.05, 3.63) is 102 Å². The van der Waals surface area contributed by atoms with Crippen LogP contribution in [0.4, 0.5) is 5.69 Å². The summed E-state index contributed by atoms with van der Waals surface area (Å²) >= 11 is 11.0. The van der Waals surface area contributed by atoms with Gasteiger partial charge < -0.3 is 9.42 Å². The van der Waals surface area contributed by atoms with Crippen LogP contribution in [-0.4, -0.2) is 16.8 Å². The number of halogens is 1. The number of fused-ring (bicyclic) bond motifs is 1. The van der Waals surface area contributed by atoms with Crippen LogP contribution in [0.3, 0.4) is 0 Å². The highest BCUT2D eigenvalue weighted by Gasteiger charge is 2.25. The van der Waals surface area contributed by atoms with Crippen LogP contribution in [0.1, 0.15) is 17.7 Å². The summed E-state index contributed by atoms with van der Waals surface area (Å²) in [5, 5.41) is 8.93. The molecule has 0 radical (unpaired) electrons. The SMILES string of the molecule is CCn1c(=O)/c(=C2\Sc3ccc(Cl)cc3N2C)s/c1=C\c1scc[n+]1Cc1cc(-c2ccccc2)no1. The largest absolute Gasteiger partial charge is 0.354 e. The van der Waals surface area contributed by atoms with Crippen molar-refractivity contribution < 1.29 is 9.09 Å². The van der Waals surface area contributed by atoms with E-state index in [-0.39, 0.29) is 5.56 Å². The lowest BCUT2D eigenvalue weighted by molar-refractivity contribution is -0.687. The molecule has 6 rings (SSSR count). The molecule has 0 fully saturated rings. The molecule has 0 N–H and O–H groups in total. The summed E-state index contributed by atoms with van der Waals surface area (Å²) in [5.74, 6) is 0.771. The molecular weight excluding hydrogens is 544 g/mol. The molecule has 2 aromatic carbocycles. The molecule has 1 aliphatic heterocycles. The number of thioether (sulfide) groups is 1. The number of rotatable bonds is 5. The zero-order valence-corrected chi connectivity index (χ0v) is 23.3. The normalized spacial score (nSPS) is 15.0. The van der Waals surface area contributed by atoms with Crippen molar-refractivity contribution in [1.82, 2.24) is 9.72 Å². The van der Waals surface area contributed by atoms with Gasteiger partial charge in [0, 0.05) is 35.1 Å². The fraction of sp³-hybridized carbons (Fsp3) is 0.148. The van der Waals surface area contributed by atoms with Crippen LogP contribution in [0.5, 0.6) is 0 Å². The second kappa shape index (κ2) is 9.98. The van der Waals surface area contributed by atoms with Gasteiger partial charge in [-0.05, 0) is 25.1 Å². The van der Waals surface area contributed by atoms with Gasteiger partial charge in [-0.15, -0.1) is 11.3 Å². The van der Waals surface area contributed by atoms with Crippen molar-refractivity contribution >= 4 is 62.8 Å². The molecule has 0 amide bonds. The van der Waals surface area contributed by atoms with Crippen molar-refractivity contribution in [3.8, 4) is 11.3 Å². The average Bonchev–Trinajstić information content (AvgIpc) is 3.68. The summed E-state index contributed by atoms with van der Waals surface area (Å²) in [7, 11) is 1.98.